The van der Waals surface area contributed by atoms with Crippen molar-refractivity contribution in [2.45, 2.75) is 52.4 Å². The Labute approximate surface area is 144 Å². The van der Waals surface area contributed by atoms with Crippen LogP contribution in [0, 0.1) is 0 Å². The van der Waals surface area contributed by atoms with Crippen LogP contribution in [0.2, 0.25) is 0 Å². The smallest absolute Gasteiger partial charge is 0.339 e. The second-order valence-electron chi connectivity index (χ2n) is 8.30. The lowest BCUT2D eigenvalue weighted by molar-refractivity contribution is 0.0693. The molecule has 0 heterocycles. The summed E-state index contributed by atoms with van der Waals surface area (Å²) in [4.78, 5) is 11.5. The van der Waals surface area contributed by atoms with Gasteiger partial charge in [0.15, 0.2) is 0 Å². The van der Waals surface area contributed by atoms with Crippen molar-refractivity contribution in [1.29, 1.82) is 0 Å². The van der Waals surface area contributed by atoms with Gasteiger partial charge in [-0.3, -0.25) is 0 Å². The van der Waals surface area contributed by atoms with Crippen LogP contribution in [-0.4, -0.2) is 16.2 Å². The van der Waals surface area contributed by atoms with E-state index in [1.54, 1.807) is 6.07 Å². The van der Waals surface area contributed by atoms with Gasteiger partial charge in [0.25, 0.3) is 0 Å². The molecule has 0 spiro atoms. The van der Waals surface area contributed by atoms with E-state index in [4.69, 9.17) is 0 Å². The molecule has 0 aliphatic heterocycles. The Morgan fingerprint density at radius 1 is 0.833 bits per heavy atom. The molecule has 0 radical (unpaired) electrons. The number of carbonyl (C=O) groups is 1. The van der Waals surface area contributed by atoms with Crippen molar-refractivity contribution < 1.29 is 15.0 Å². The highest BCUT2D eigenvalue weighted by atomic mass is 16.4. The van der Waals surface area contributed by atoms with Gasteiger partial charge in [-0.05, 0) is 39.7 Å². The minimum atomic E-state index is -1.12. The topological polar surface area (TPSA) is 57.5 Å². The van der Waals surface area contributed by atoms with Crippen LogP contribution in [0.5, 0.6) is 5.75 Å². The maximum absolute atomic E-state index is 11.5. The summed E-state index contributed by atoms with van der Waals surface area (Å²) in [5, 5.41) is 19.9. The van der Waals surface area contributed by atoms with Crippen LogP contribution in [0.15, 0.2) is 36.4 Å². The number of carboxylic acids is 1. The van der Waals surface area contributed by atoms with Crippen molar-refractivity contribution >= 4 is 5.97 Å². The van der Waals surface area contributed by atoms with Gasteiger partial charge < -0.3 is 10.2 Å². The molecule has 0 saturated carbocycles. The zero-order chi connectivity index (χ0) is 18.3. The Morgan fingerprint density at radius 3 is 1.75 bits per heavy atom. The molecule has 24 heavy (non-hydrogen) atoms. The molecule has 2 N–H and O–H groups in total. The second kappa shape index (κ2) is 5.97. The third kappa shape index (κ3) is 3.61. The van der Waals surface area contributed by atoms with E-state index in [2.05, 4.69) is 20.8 Å². The highest BCUT2D eigenvalue weighted by Crippen LogP contribution is 2.38. The van der Waals surface area contributed by atoms with Crippen LogP contribution in [0.3, 0.4) is 0 Å². The highest BCUT2D eigenvalue weighted by molar-refractivity contribution is 5.94. The summed E-state index contributed by atoms with van der Waals surface area (Å²) in [6.45, 7) is 12.5. The maximum atomic E-state index is 11.5. The van der Waals surface area contributed by atoms with Gasteiger partial charge in [-0.15, -0.1) is 0 Å². The predicted octanol–water partition coefficient (Wildman–Crippen LogP) is 5.35. The Bertz CT molecular complexity index is 757. The first-order valence-electron chi connectivity index (χ1n) is 8.13. The first-order valence-corrected chi connectivity index (χ1v) is 8.13. The summed E-state index contributed by atoms with van der Waals surface area (Å²) in [5.74, 6) is -1.30. The number of aromatic carboxylic acids is 1. The maximum Gasteiger partial charge on any atom is 0.339 e. The molecule has 0 saturated heterocycles. The Morgan fingerprint density at radius 2 is 1.33 bits per heavy atom. The molecular weight excluding hydrogens is 300 g/mol. The quantitative estimate of drug-likeness (QED) is 0.782. The Balaban J connectivity index is 2.65. The molecule has 2 aromatic carbocycles. The van der Waals surface area contributed by atoms with Gasteiger partial charge in [0.1, 0.15) is 11.3 Å². The fraction of sp³-hybridized carbons (Fsp3) is 0.381. The van der Waals surface area contributed by atoms with Crippen molar-refractivity contribution in [3.05, 3.63) is 53.1 Å². The monoisotopic (exact) mass is 326 g/mol. The van der Waals surface area contributed by atoms with E-state index in [0.717, 1.165) is 11.1 Å². The molecule has 3 heteroatoms. The van der Waals surface area contributed by atoms with Gasteiger partial charge in [-0.2, -0.15) is 0 Å². The first kappa shape index (κ1) is 18.1. The molecule has 0 atom stereocenters. The van der Waals surface area contributed by atoms with Gasteiger partial charge in [0.05, 0.1) is 0 Å². The summed E-state index contributed by atoms with van der Waals surface area (Å²) >= 11 is 0. The zero-order valence-corrected chi connectivity index (χ0v) is 15.3. The largest absolute Gasteiger partial charge is 0.506 e. The van der Waals surface area contributed by atoms with E-state index in [-0.39, 0.29) is 22.1 Å². The van der Waals surface area contributed by atoms with E-state index in [0.29, 0.717) is 5.56 Å². The molecule has 0 fully saturated rings. The first-order chi connectivity index (χ1) is 10.9. The molecule has 128 valence electrons. The van der Waals surface area contributed by atoms with Crippen LogP contribution in [0.4, 0.5) is 0 Å². The number of hydrogen-bond acceptors (Lipinski definition) is 2. The molecular formula is C21H26O3. The van der Waals surface area contributed by atoms with Crippen molar-refractivity contribution in [3.8, 4) is 16.9 Å². The summed E-state index contributed by atoms with van der Waals surface area (Å²) in [5.41, 5.74) is 3.22. The molecule has 0 unspecified atom stereocenters. The molecule has 0 amide bonds. The van der Waals surface area contributed by atoms with Crippen molar-refractivity contribution in [2.75, 3.05) is 0 Å². The van der Waals surface area contributed by atoms with Gasteiger partial charge >= 0.3 is 5.97 Å². The average molecular weight is 326 g/mol. The van der Waals surface area contributed by atoms with E-state index in [1.165, 1.54) is 5.56 Å². The SMILES string of the molecule is CC(C)(C)c1ccc(-c2cc(C(C)(C)C)cc(C(=O)O)c2O)cc1. The minimum absolute atomic E-state index is 0.0417. The van der Waals surface area contributed by atoms with Crippen LogP contribution >= 0.6 is 0 Å². The highest BCUT2D eigenvalue weighted by Gasteiger charge is 2.22. The van der Waals surface area contributed by atoms with Crippen molar-refractivity contribution in [2.24, 2.45) is 0 Å². The van der Waals surface area contributed by atoms with Gasteiger partial charge in [0, 0.05) is 5.56 Å². The number of hydrogen-bond donors (Lipinski definition) is 2. The lowest BCUT2D eigenvalue weighted by atomic mass is 9.83. The van der Waals surface area contributed by atoms with Gasteiger partial charge in [-0.25, -0.2) is 4.79 Å². The Hall–Kier alpha value is -2.29. The van der Waals surface area contributed by atoms with Gasteiger partial charge in [-0.1, -0.05) is 65.8 Å². The summed E-state index contributed by atoms with van der Waals surface area (Å²) in [6.07, 6.45) is 0. The van der Waals surface area contributed by atoms with E-state index in [1.807, 2.05) is 51.1 Å². The predicted molar refractivity (Wildman–Crippen MR) is 97.9 cm³/mol. The lowest BCUT2D eigenvalue weighted by Gasteiger charge is -2.22. The number of aromatic hydroxyl groups is 1. The third-order valence-corrected chi connectivity index (χ3v) is 4.27. The van der Waals surface area contributed by atoms with E-state index < -0.39 is 5.97 Å². The molecule has 0 aliphatic rings. The molecule has 2 aromatic rings. The normalized spacial score (nSPS) is 12.2. The summed E-state index contributed by atoms with van der Waals surface area (Å²) in [6, 6.07) is 11.4. The lowest BCUT2D eigenvalue weighted by Crippen LogP contribution is -2.13. The average Bonchev–Trinajstić information content (AvgIpc) is 2.45. The van der Waals surface area contributed by atoms with Crippen LogP contribution < -0.4 is 0 Å². The number of carboxylic acid groups (broad SMARTS) is 1. The third-order valence-electron chi connectivity index (χ3n) is 4.27. The number of rotatable bonds is 2. The number of phenols is 1. The van der Waals surface area contributed by atoms with E-state index in [9.17, 15) is 15.0 Å². The van der Waals surface area contributed by atoms with Crippen molar-refractivity contribution in [1.82, 2.24) is 0 Å². The fourth-order valence-electron chi connectivity index (χ4n) is 2.60. The summed E-state index contributed by atoms with van der Waals surface area (Å²) < 4.78 is 0. The van der Waals surface area contributed by atoms with Gasteiger partial charge in [0.2, 0.25) is 0 Å². The molecule has 0 aliphatic carbocycles. The molecule has 0 aromatic heterocycles. The Kier molecular flexibility index (Phi) is 4.49. The fourth-order valence-corrected chi connectivity index (χ4v) is 2.60. The van der Waals surface area contributed by atoms with Crippen molar-refractivity contribution in [3.63, 3.8) is 0 Å². The van der Waals surface area contributed by atoms with Crippen LogP contribution in [0.25, 0.3) is 11.1 Å². The second-order valence-corrected chi connectivity index (χ2v) is 8.30. The standard InChI is InChI=1S/C21H26O3/c1-20(2,3)14-9-7-13(8-10-14)16-11-15(21(4,5)6)12-17(18(16)22)19(23)24/h7-12,22H,1-6H3,(H,23,24). The summed E-state index contributed by atoms with van der Waals surface area (Å²) in [7, 11) is 0. The molecule has 2 rings (SSSR count). The minimum Gasteiger partial charge on any atom is -0.506 e. The molecule has 3 nitrogen and oxygen atoms in total. The van der Waals surface area contributed by atoms with Crippen LogP contribution in [0.1, 0.15) is 63.0 Å². The van der Waals surface area contributed by atoms with E-state index >= 15 is 0 Å². The molecule has 0 bridgehead atoms. The zero-order valence-electron chi connectivity index (χ0n) is 15.3. The van der Waals surface area contributed by atoms with Crippen LogP contribution in [-0.2, 0) is 10.8 Å². The number of benzene rings is 2.